The number of benzene rings is 4. The molecule has 0 aliphatic rings. The van der Waals surface area contributed by atoms with Crippen molar-refractivity contribution in [2.45, 2.75) is 6.92 Å². The van der Waals surface area contributed by atoms with Crippen LogP contribution < -0.4 is 0 Å². The highest BCUT2D eigenvalue weighted by atomic mass is 14.7. The van der Waals surface area contributed by atoms with Crippen LogP contribution in [0.25, 0.3) is 43.6 Å². The van der Waals surface area contributed by atoms with Gasteiger partial charge in [-0.15, -0.1) is 0 Å². The van der Waals surface area contributed by atoms with Crippen LogP contribution in [0.4, 0.5) is 0 Å². The number of fused-ring (bicyclic) bond motifs is 6. The lowest BCUT2D eigenvalue weighted by Gasteiger charge is -2.11. The number of pyridine rings is 1. The third kappa shape index (κ3) is 2.20. The SMILES string of the molecule is Cc1ccc(-c2ccc3c4ccccc4c4ccccc4c3c2)nc1. The van der Waals surface area contributed by atoms with Gasteiger partial charge in [-0.2, -0.15) is 0 Å². The predicted octanol–water partition coefficient (Wildman–Crippen LogP) is 6.52. The second kappa shape index (κ2) is 5.42. The summed E-state index contributed by atoms with van der Waals surface area (Å²) < 4.78 is 0. The zero-order valence-corrected chi connectivity index (χ0v) is 14.0. The molecular formula is C24H17N. The molecule has 0 aliphatic heterocycles. The highest BCUT2D eigenvalue weighted by molar-refractivity contribution is 6.25. The van der Waals surface area contributed by atoms with Gasteiger partial charge in [0.1, 0.15) is 0 Å². The summed E-state index contributed by atoms with van der Waals surface area (Å²) in [5, 5.41) is 7.80. The van der Waals surface area contributed by atoms with Gasteiger partial charge in [-0.3, -0.25) is 4.98 Å². The van der Waals surface area contributed by atoms with E-state index in [1.165, 1.54) is 37.9 Å². The molecule has 1 aromatic heterocycles. The summed E-state index contributed by atoms with van der Waals surface area (Å²) in [6, 6.07) is 28.2. The molecule has 25 heavy (non-hydrogen) atoms. The molecule has 0 unspecified atom stereocenters. The lowest BCUT2D eigenvalue weighted by molar-refractivity contribution is 1.27. The third-order valence-corrected chi connectivity index (χ3v) is 4.95. The first-order valence-corrected chi connectivity index (χ1v) is 8.57. The fourth-order valence-electron chi connectivity index (χ4n) is 3.71. The average molecular weight is 319 g/mol. The van der Waals surface area contributed by atoms with E-state index in [2.05, 4.69) is 90.8 Å². The minimum Gasteiger partial charge on any atom is -0.256 e. The van der Waals surface area contributed by atoms with Crippen LogP contribution in [0.5, 0.6) is 0 Å². The van der Waals surface area contributed by atoms with E-state index in [-0.39, 0.29) is 0 Å². The Hall–Kier alpha value is -3.19. The first-order chi connectivity index (χ1) is 12.3. The summed E-state index contributed by atoms with van der Waals surface area (Å²) in [6.45, 7) is 2.07. The monoisotopic (exact) mass is 319 g/mol. The Balaban J connectivity index is 1.91. The van der Waals surface area contributed by atoms with E-state index in [0.717, 1.165) is 11.3 Å². The van der Waals surface area contributed by atoms with Crippen LogP contribution in [0, 0.1) is 6.92 Å². The van der Waals surface area contributed by atoms with E-state index in [1.807, 2.05) is 6.20 Å². The smallest absolute Gasteiger partial charge is 0.0702 e. The molecule has 5 aromatic rings. The molecule has 0 spiro atoms. The molecule has 118 valence electrons. The van der Waals surface area contributed by atoms with E-state index in [0.29, 0.717) is 0 Å². The molecule has 0 atom stereocenters. The van der Waals surface area contributed by atoms with Gasteiger partial charge in [0, 0.05) is 11.8 Å². The molecule has 1 heteroatoms. The summed E-state index contributed by atoms with van der Waals surface area (Å²) >= 11 is 0. The normalized spacial score (nSPS) is 11.4. The van der Waals surface area contributed by atoms with Gasteiger partial charge in [-0.1, -0.05) is 66.7 Å². The second-order valence-electron chi connectivity index (χ2n) is 6.57. The Labute approximate surface area is 146 Å². The van der Waals surface area contributed by atoms with Crippen molar-refractivity contribution in [2.75, 3.05) is 0 Å². The van der Waals surface area contributed by atoms with Crippen molar-refractivity contribution in [2.24, 2.45) is 0 Å². The van der Waals surface area contributed by atoms with Crippen molar-refractivity contribution in [3.63, 3.8) is 0 Å². The maximum atomic E-state index is 4.60. The molecule has 0 saturated carbocycles. The number of nitrogens with zero attached hydrogens (tertiary/aromatic N) is 1. The third-order valence-electron chi connectivity index (χ3n) is 4.95. The van der Waals surface area contributed by atoms with Crippen molar-refractivity contribution >= 4 is 32.3 Å². The van der Waals surface area contributed by atoms with Crippen molar-refractivity contribution < 1.29 is 0 Å². The van der Waals surface area contributed by atoms with Crippen LogP contribution in [0.1, 0.15) is 5.56 Å². The summed E-state index contributed by atoms with van der Waals surface area (Å²) in [7, 11) is 0. The zero-order chi connectivity index (χ0) is 16.8. The lowest BCUT2D eigenvalue weighted by Crippen LogP contribution is -1.87. The standard InChI is InChI=1S/C24H17N/c1-16-10-13-24(25-15-16)17-11-12-22-20-8-3-2-6-18(20)19-7-4-5-9-21(19)23(22)14-17/h2-15H,1H3. The zero-order valence-electron chi connectivity index (χ0n) is 14.0. The van der Waals surface area contributed by atoms with E-state index in [9.17, 15) is 0 Å². The summed E-state index contributed by atoms with van der Waals surface area (Å²) in [4.78, 5) is 4.60. The molecule has 0 saturated heterocycles. The molecule has 0 bridgehead atoms. The average Bonchev–Trinajstić information content (AvgIpc) is 2.68. The van der Waals surface area contributed by atoms with Crippen molar-refractivity contribution in [3.05, 3.63) is 90.6 Å². The van der Waals surface area contributed by atoms with Gasteiger partial charge in [0.25, 0.3) is 0 Å². The van der Waals surface area contributed by atoms with Crippen molar-refractivity contribution in [3.8, 4) is 11.3 Å². The summed E-state index contributed by atoms with van der Waals surface area (Å²) in [5.41, 5.74) is 3.36. The van der Waals surface area contributed by atoms with Gasteiger partial charge in [0.2, 0.25) is 0 Å². The fourth-order valence-corrected chi connectivity index (χ4v) is 3.71. The van der Waals surface area contributed by atoms with Gasteiger partial charge in [0.15, 0.2) is 0 Å². The molecule has 1 nitrogen and oxygen atoms in total. The molecule has 0 radical (unpaired) electrons. The van der Waals surface area contributed by atoms with Crippen LogP contribution in [0.3, 0.4) is 0 Å². The molecule has 0 amide bonds. The predicted molar refractivity (Wildman–Crippen MR) is 107 cm³/mol. The molecule has 1 heterocycles. The van der Waals surface area contributed by atoms with Gasteiger partial charge < -0.3 is 0 Å². The molecule has 0 N–H and O–H groups in total. The van der Waals surface area contributed by atoms with Gasteiger partial charge >= 0.3 is 0 Å². The minimum absolute atomic E-state index is 1.02. The molecular weight excluding hydrogens is 302 g/mol. The minimum atomic E-state index is 1.02. The van der Waals surface area contributed by atoms with Gasteiger partial charge in [-0.05, 0) is 56.9 Å². The van der Waals surface area contributed by atoms with Gasteiger partial charge in [0.05, 0.1) is 5.69 Å². The first kappa shape index (κ1) is 14.2. The quantitative estimate of drug-likeness (QED) is 0.321. The Morgan fingerprint density at radius 3 is 1.68 bits per heavy atom. The van der Waals surface area contributed by atoms with Crippen LogP contribution in [0.15, 0.2) is 85.1 Å². The van der Waals surface area contributed by atoms with Crippen molar-refractivity contribution in [1.29, 1.82) is 0 Å². The fraction of sp³-hybridized carbons (Fsp3) is 0.0417. The summed E-state index contributed by atoms with van der Waals surface area (Å²) in [5.74, 6) is 0. The van der Waals surface area contributed by atoms with E-state index in [1.54, 1.807) is 0 Å². The summed E-state index contributed by atoms with van der Waals surface area (Å²) in [6.07, 6.45) is 1.93. The molecule has 4 aromatic carbocycles. The van der Waals surface area contributed by atoms with E-state index in [4.69, 9.17) is 0 Å². The Morgan fingerprint density at radius 2 is 1.12 bits per heavy atom. The number of aromatic nitrogens is 1. The molecule has 0 fully saturated rings. The number of hydrogen-bond acceptors (Lipinski definition) is 1. The Bertz CT molecular complexity index is 1200. The van der Waals surface area contributed by atoms with Crippen LogP contribution in [-0.4, -0.2) is 4.98 Å². The number of hydrogen-bond donors (Lipinski definition) is 0. The highest BCUT2D eigenvalue weighted by Gasteiger charge is 2.09. The van der Waals surface area contributed by atoms with E-state index >= 15 is 0 Å². The Morgan fingerprint density at radius 1 is 0.560 bits per heavy atom. The number of rotatable bonds is 1. The Kier molecular flexibility index (Phi) is 3.07. The van der Waals surface area contributed by atoms with Gasteiger partial charge in [-0.25, -0.2) is 0 Å². The first-order valence-electron chi connectivity index (χ1n) is 8.57. The maximum absolute atomic E-state index is 4.60. The van der Waals surface area contributed by atoms with Crippen LogP contribution in [0.2, 0.25) is 0 Å². The molecule has 5 rings (SSSR count). The highest BCUT2D eigenvalue weighted by Crippen LogP contribution is 2.36. The topological polar surface area (TPSA) is 12.9 Å². The van der Waals surface area contributed by atoms with E-state index < -0.39 is 0 Å². The van der Waals surface area contributed by atoms with Crippen LogP contribution in [-0.2, 0) is 0 Å². The number of aryl methyl sites for hydroxylation is 1. The maximum Gasteiger partial charge on any atom is 0.0702 e. The lowest BCUT2D eigenvalue weighted by atomic mass is 9.93. The second-order valence-corrected chi connectivity index (χ2v) is 6.57. The molecule has 0 aliphatic carbocycles. The van der Waals surface area contributed by atoms with Crippen LogP contribution >= 0.6 is 0 Å². The van der Waals surface area contributed by atoms with Crippen molar-refractivity contribution in [1.82, 2.24) is 4.98 Å². The largest absolute Gasteiger partial charge is 0.256 e.